The van der Waals surface area contributed by atoms with Gasteiger partial charge >= 0.3 is 0 Å². The van der Waals surface area contributed by atoms with Crippen LogP contribution in [0.1, 0.15) is 15.9 Å². The highest BCUT2D eigenvalue weighted by atomic mass is 32.2. The molecule has 8 heteroatoms. The molecule has 0 aromatic heterocycles. The molecule has 0 heterocycles. The summed E-state index contributed by atoms with van der Waals surface area (Å²) >= 11 is 0. The highest BCUT2D eigenvalue weighted by Crippen LogP contribution is 2.19. The number of amides is 1. The molecule has 0 unspecified atom stereocenters. The maximum Gasteiger partial charge on any atom is 0.258 e. The standard InChI is InChI=1S/C24H26FN3O3S/c1-32(30,31)27-22-11-7-20(8-12-22)24(29)28(23-13-9-21(25)10-14-23)18-17-26-16-15-19-5-3-2-4-6-19/h2-14,26-27H,15-18H2,1H3. The number of hydrogen-bond donors (Lipinski definition) is 2. The molecule has 168 valence electrons. The van der Waals surface area contributed by atoms with Crippen LogP contribution in [-0.4, -0.2) is 40.2 Å². The highest BCUT2D eigenvalue weighted by Gasteiger charge is 2.18. The Bertz CT molecular complexity index is 1120. The van der Waals surface area contributed by atoms with E-state index in [2.05, 4.69) is 22.2 Å². The van der Waals surface area contributed by atoms with E-state index < -0.39 is 10.0 Å². The first-order chi connectivity index (χ1) is 15.3. The molecule has 0 fully saturated rings. The third kappa shape index (κ3) is 7.18. The number of hydrogen-bond acceptors (Lipinski definition) is 4. The number of carbonyl (C=O) groups is 1. The predicted molar refractivity (Wildman–Crippen MR) is 126 cm³/mol. The zero-order valence-electron chi connectivity index (χ0n) is 17.8. The van der Waals surface area contributed by atoms with Crippen LogP contribution in [0.4, 0.5) is 15.8 Å². The van der Waals surface area contributed by atoms with Crippen molar-refractivity contribution in [3.63, 3.8) is 0 Å². The highest BCUT2D eigenvalue weighted by molar-refractivity contribution is 7.92. The molecule has 6 nitrogen and oxygen atoms in total. The lowest BCUT2D eigenvalue weighted by Crippen LogP contribution is -2.37. The van der Waals surface area contributed by atoms with Crippen molar-refractivity contribution in [3.8, 4) is 0 Å². The summed E-state index contributed by atoms with van der Waals surface area (Å²) in [5.41, 5.74) is 2.59. The Balaban J connectivity index is 1.66. The van der Waals surface area contributed by atoms with Gasteiger partial charge in [-0.2, -0.15) is 0 Å². The monoisotopic (exact) mass is 455 g/mol. The van der Waals surface area contributed by atoms with Gasteiger partial charge in [-0.1, -0.05) is 30.3 Å². The fraction of sp³-hybridized carbons (Fsp3) is 0.208. The van der Waals surface area contributed by atoms with Gasteiger partial charge in [-0.05, 0) is 67.1 Å². The number of benzene rings is 3. The average molecular weight is 456 g/mol. The predicted octanol–water partition coefficient (Wildman–Crippen LogP) is 3.68. The summed E-state index contributed by atoms with van der Waals surface area (Å²) in [6.07, 6.45) is 1.94. The van der Waals surface area contributed by atoms with Gasteiger partial charge in [0.25, 0.3) is 5.91 Å². The van der Waals surface area contributed by atoms with Crippen molar-refractivity contribution in [2.75, 3.05) is 35.5 Å². The van der Waals surface area contributed by atoms with Crippen molar-refractivity contribution in [2.45, 2.75) is 6.42 Å². The van der Waals surface area contributed by atoms with Gasteiger partial charge in [0.2, 0.25) is 10.0 Å². The van der Waals surface area contributed by atoms with Crippen molar-refractivity contribution in [1.82, 2.24) is 5.32 Å². The van der Waals surface area contributed by atoms with E-state index in [1.807, 2.05) is 18.2 Å². The molecule has 0 bridgehead atoms. The molecule has 0 aliphatic heterocycles. The topological polar surface area (TPSA) is 78.5 Å². The molecule has 3 aromatic rings. The summed E-state index contributed by atoms with van der Waals surface area (Å²) in [5.74, 6) is -0.634. The molecule has 0 atom stereocenters. The van der Waals surface area contributed by atoms with Crippen molar-refractivity contribution in [2.24, 2.45) is 0 Å². The van der Waals surface area contributed by atoms with Gasteiger partial charge in [-0.25, -0.2) is 12.8 Å². The Labute approximate surface area is 188 Å². The van der Waals surface area contributed by atoms with Crippen LogP contribution in [-0.2, 0) is 16.4 Å². The molecule has 0 aliphatic rings. The van der Waals surface area contributed by atoms with E-state index in [0.717, 1.165) is 19.2 Å². The number of sulfonamides is 1. The fourth-order valence-electron chi connectivity index (χ4n) is 3.21. The Hall–Kier alpha value is -3.23. The first kappa shape index (κ1) is 23.4. The molecule has 32 heavy (non-hydrogen) atoms. The summed E-state index contributed by atoms with van der Waals surface area (Å²) in [6, 6.07) is 22.1. The zero-order valence-corrected chi connectivity index (χ0v) is 18.6. The van der Waals surface area contributed by atoms with Crippen LogP contribution in [0, 0.1) is 5.82 Å². The lowest BCUT2D eigenvalue weighted by atomic mass is 10.1. The minimum atomic E-state index is -3.40. The molecule has 3 rings (SSSR count). The van der Waals surface area contributed by atoms with E-state index in [4.69, 9.17) is 0 Å². The van der Waals surface area contributed by atoms with E-state index in [9.17, 15) is 17.6 Å². The van der Waals surface area contributed by atoms with Crippen LogP contribution < -0.4 is 14.9 Å². The van der Waals surface area contributed by atoms with Crippen LogP contribution in [0.25, 0.3) is 0 Å². The van der Waals surface area contributed by atoms with Crippen LogP contribution in [0.3, 0.4) is 0 Å². The van der Waals surface area contributed by atoms with Crippen LogP contribution in [0.2, 0.25) is 0 Å². The van der Waals surface area contributed by atoms with Crippen LogP contribution in [0.15, 0.2) is 78.9 Å². The summed E-state index contributed by atoms with van der Waals surface area (Å²) < 4.78 is 38.5. The van der Waals surface area contributed by atoms with Gasteiger partial charge in [-0.15, -0.1) is 0 Å². The number of rotatable bonds is 10. The molecule has 0 saturated heterocycles. The molecular weight excluding hydrogens is 429 g/mol. The lowest BCUT2D eigenvalue weighted by Gasteiger charge is -2.23. The number of halogens is 1. The maximum absolute atomic E-state index is 13.4. The third-order valence-electron chi connectivity index (χ3n) is 4.76. The fourth-order valence-corrected chi connectivity index (χ4v) is 3.78. The summed E-state index contributed by atoms with van der Waals surface area (Å²) in [5, 5.41) is 3.34. The molecule has 1 amide bonds. The zero-order chi connectivity index (χ0) is 23.0. The first-order valence-electron chi connectivity index (χ1n) is 10.2. The second kappa shape index (κ2) is 10.9. The summed E-state index contributed by atoms with van der Waals surface area (Å²) in [6.45, 7) is 1.72. The van der Waals surface area contributed by atoms with Crippen LogP contribution >= 0.6 is 0 Å². The minimum absolute atomic E-state index is 0.257. The van der Waals surface area contributed by atoms with Gasteiger partial charge in [0, 0.05) is 30.0 Å². The number of carbonyl (C=O) groups excluding carboxylic acids is 1. The van der Waals surface area contributed by atoms with Gasteiger partial charge in [0.05, 0.1) is 6.26 Å². The Morgan fingerprint density at radius 2 is 1.56 bits per heavy atom. The molecule has 0 saturated carbocycles. The number of nitrogens with one attached hydrogen (secondary N) is 2. The quantitative estimate of drug-likeness (QED) is 0.457. The van der Waals surface area contributed by atoms with Gasteiger partial charge in [-0.3, -0.25) is 9.52 Å². The molecule has 0 spiro atoms. The molecule has 3 aromatic carbocycles. The van der Waals surface area contributed by atoms with Crippen molar-refractivity contribution in [3.05, 3.63) is 95.8 Å². The van der Waals surface area contributed by atoms with Gasteiger partial charge in [0.1, 0.15) is 5.82 Å². The summed E-state index contributed by atoms with van der Waals surface area (Å²) in [4.78, 5) is 14.8. The molecule has 0 aliphatic carbocycles. The molecule has 2 N–H and O–H groups in total. The van der Waals surface area contributed by atoms with E-state index >= 15 is 0 Å². The number of anilines is 2. The second-order valence-corrected chi connectivity index (χ2v) is 9.12. The summed E-state index contributed by atoms with van der Waals surface area (Å²) in [7, 11) is -3.40. The largest absolute Gasteiger partial charge is 0.315 e. The van der Waals surface area contributed by atoms with Crippen molar-refractivity contribution in [1.29, 1.82) is 0 Å². The van der Waals surface area contributed by atoms with E-state index in [0.29, 0.717) is 30.0 Å². The molecule has 0 radical (unpaired) electrons. The first-order valence-corrected chi connectivity index (χ1v) is 12.1. The minimum Gasteiger partial charge on any atom is -0.315 e. The molecular formula is C24H26FN3O3S. The van der Waals surface area contributed by atoms with E-state index in [1.165, 1.54) is 29.8 Å². The average Bonchev–Trinajstić information content (AvgIpc) is 2.77. The van der Waals surface area contributed by atoms with Gasteiger partial charge in [0.15, 0.2) is 0 Å². The number of nitrogens with zero attached hydrogens (tertiary/aromatic N) is 1. The SMILES string of the molecule is CS(=O)(=O)Nc1ccc(C(=O)N(CCNCCc2ccccc2)c2ccc(F)cc2)cc1. The Kier molecular flexibility index (Phi) is 7.97. The normalized spacial score (nSPS) is 11.2. The van der Waals surface area contributed by atoms with Crippen LogP contribution in [0.5, 0.6) is 0 Å². The van der Waals surface area contributed by atoms with Gasteiger partial charge < -0.3 is 10.2 Å². The third-order valence-corrected chi connectivity index (χ3v) is 5.37. The van der Waals surface area contributed by atoms with Crippen molar-refractivity contribution < 1.29 is 17.6 Å². The second-order valence-electron chi connectivity index (χ2n) is 7.37. The van der Waals surface area contributed by atoms with E-state index in [-0.39, 0.29) is 11.7 Å². The van der Waals surface area contributed by atoms with E-state index in [1.54, 1.807) is 29.2 Å². The van der Waals surface area contributed by atoms with Crippen molar-refractivity contribution >= 4 is 27.3 Å². The lowest BCUT2D eigenvalue weighted by molar-refractivity contribution is 0.0987. The Morgan fingerprint density at radius 1 is 0.906 bits per heavy atom. The Morgan fingerprint density at radius 3 is 2.19 bits per heavy atom. The smallest absolute Gasteiger partial charge is 0.258 e. The maximum atomic E-state index is 13.4.